The molecule has 1 amide bonds. The second-order valence-electron chi connectivity index (χ2n) is 6.07. The molecule has 130 valence electrons. The molecule has 6 heteroatoms. The Bertz CT molecular complexity index is 828. The third kappa shape index (κ3) is 4.87. The highest BCUT2D eigenvalue weighted by Crippen LogP contribution is 2.10. The predicted octanol–water partition coefficient (Wildman–Crippen LogP) is 3.02. The van der Waals surface area contributed by atoms with E-state index in [2.05, 4.69) is 15.6 Å². The first-order valence-corrected chi connectivity index (χ1v) is 8.31. The molecule has 0 aliphatic heterocycles. The minimum absolute atomic E-state index is 0.0191. The Kier molecular flexibility index (Phi) is 5.40. The van der Waals surface area contributed by atoms with Crippen molar-refractivity contribution in [2.75, 3.05) is 11.9 Å². The van der Waals surface area contributed by atoms with Crippen molar-refractivity contribution in [1.82, 2.24) is 14.7 Å². The van der Waals surface area contributed by atoms with Crippen molar-refractivity contribution in [2.45, 2.75) is 25.8 Å². The van der Waals surface area contributed by atoms with Crippen LogP contribution in [0, 0.1) is 5.82 Å². The summed E-state index contributed by atoms with van der Waals surface area (Å²) in [7, 11) is 0. The number of fused-ring (bicyclic) bond motifs is 1. The van der Waals surface area contributed by atoms with Crippen molar-refractivity contribution in [3.63, 3.8) is 0 Å². The van der Waals surface area contributed by atoms with E-state index >= 15 is 0 Å². The quantitative estimate of drug-likeness (QED) is 0.695. The summed E-state index contributed by atoms with van der Waals surface area (Å²) >= 11 is 0. The van der Waals surface area contributed by atoms with Gasteiger partial charge in [0, 0.05) is 43.5 Å². The van der Waals surface area contributed by atoms with Gasteiger partial charge in [0.2, 0.25) is 5.91 Å². The molecule has 0 bridgehead atoms. The third-order valence-corrected chi connectivity index (χ3v) is 3.89. The van der Waals surface area contributed by atoms with Gasteiger partial charge in [-0.1, -0.05) is 12.1 Å². The molecular weight excluding hydrogens is 319 g/mol. The van der Waals surface area contributed by atoms with E-state index in [9.17, 15) is 9.18 Å². The second kappa shape index (κ2) is 7.90. The van der Waals surface area contributed by atoms with E-state index in [1.807, 2.05) is 41.9 Å². The molecule has 0 spiro atoms. The first-order chi connectivity index (χ1) is 12.1. The smallest absolute Gasteiger partial charge is 0.225 e. The average Bonchev–Trinajstić information content (AvgIpc) is 2.97. The highest BCUT2D eigenvalue weighted by Gasteiger charge is 2.10. The zero-order valence-corrected chi connectivity index (χ0v) is 14.1. The Morgan fingerprint density at radius 1 is 1.28 bits per heavy atom. The fourth-order valence-electron chi connectivity index (χ4n) is 2.68. The van der Waals surface area contributed by atoms with Gasteiger partial charge in [0.1, 0.15) is 11.5 Å². The second-order valence-corrected chi connectivity index (χ2v) is 6.07. The number of nitrogens with zero attached hydrogens (tertiary/aromatic N) is 2. The zero-order chi connectivity index (χ0) is 17.6. The van der Waals surface area contributed by atoms with Crippen LogP contribution in [0.5, 0.6) is 0 Å². The number of aromatic nitrogens is 2. The number of carbonyl (C=O) groups is 1. The molecule has 3 rings (SSSR count). The molecule has 1 unspecified atom stereocenters. The topological polar surface area (TPSA) is 58.4 Å². The maximum absolute atomic E-state index is 13.1. The lowest BCUT2D eigenvalue weighted by Gasteiger charge is -2.13. The molecule has 0 aliphatic rings. The van der Waals surface area contributed by atoms with Crippen LogP contribution in [0.15, 0.2) is 54.9 Å². The number of hydrogen-bond donors (Lipinski definition) is 2. The predicted molar refractivity (Wildman–Crippen MR) is 96.0 cm³/mol. The molecule has 0 radical (unpaired) electrons. The SMILES string of the molecule is CC(CC(=O)Nc1cccc(F)c1)NCCc1cn2ccccc2n1. The van der Waals surface area contributed by atoms with Crippen molar-refractivity contribution in [3.05, 3.63) is 66.4 Å². The zero-order valence-electron chi connectivity index (χ0n) is 14.1. The summed E-state index contributed by atoms with van der Waals surface area (Å²) in [5, 5.41) is 6.02. The molecule has 25 heavy (non-hydrogen) atoms. The summed E-state index contributed by atoms with van der Waals surface area (Å²) < 4.78 is 15.1. The van der Waals surface area contributed by atoms with Crippen molar-refractivity contribution in [3.8, 4) is 0 Å². The largest absolute Gasteiger partial charge is 0.326 e. The summed E-state index contributed by atoms with van der Waals surface area (Å²) in [4.78, 5) is 16.5. The number of anilines is 1. The van der Waals surface area contributed by atoms with Crippen molar-refractivity contribution < 1.29 is 9.18 Å². The Labute approximate surface area is 145 Å². The van der Waals surface area contributed by atoms with E-state index in [4.69, 9.17) is 0 Å². The lowest BCUT2D eigenvalue weighted by molar-refractivity contribution is -0.116. The van der Waals surface area contributed by atoms with Crippen LogP contribution in [-0.2, 0) is 11.2 Å². The van der Waals surface area contributed by atoms with Gasteiger partial charge in [0.05, 0.1) is 5.69 Å². The molecule has 0 fully saturated rings. The van der Waals surface area contributed by atoms with Gasteiger partial charge < -0.3 is 15.0 Å². The maximum Gasteiger partial charge on any atom is 0.225 e. The standard InChI is InChI=1S/C19H21FN4O/c1-14(11-19(25)23-16-6-4-5-15(20)12-16)21-9-8-17-13-24-10-3-2-7-18(24)22-17/h2-7,10,12-14,21H,8-9,11H2,1H3,(H,23,25). The van der Waals surface area contributed by atoms with E-state index in [0.717, 1.165) is 24.3 Å². The Hall–Kier alpha value is -2.73. The van der Waals surface area contributed by atoms with Crippen molar-refractivity contribution in [2.24, 2.45) is 0 Å². The number of imidazole rings is 1. The number of halogens is 1. The summed E-state index contributed by atoms with van der Waals surface area (Å²) in [6, 6.07) is 11.8. The van der Waals surface area contributed by atoms with Gasteiger partial charge in [-0.05, 0) is 37.3 Å². The van der Waals surface area contributed by atoms with E-state index in [1.165, 1.54) is 12.1 Å². The summed E-state index contributed by atoms with van der Waals surface area (Å²) in [6.07, 6.45) is 5.09. The minimum Gasteiger partial charge on any atom is -0.326 e. The molecule has 1 aromatic carbocycles. The molecule has 2 N–H and O–H groups in total. The first kappa shape index (κ1) is 17.1. The monoisotopic (exact) mass is 340 g/mol. The number of carbonyl (C=O) groups excluding carboxylic acids is 1. The molecule has 0 aliphatic carbocycles. The van der Waals surface area contributed by atoms with Crippen LogP contribution >= 0.6 is 0 Å². The summed E-state index contributed by atoms with van der Waals surface area (Å²) in [5.41, 5.74) is 2.41. The van der Waals surface area contributed by atoms with E-state index in [-0.39, 0.29) is 17.8 Å². The number of nitrogens with one attached hydrogen (secondary N) is 2. The number of rotatable bonds is 7. The molecule has 0 saturated carbocycles. The Balaban J connectivity index is 1.43. The van der Waals surface area contributed by atoms with Gasteiger partial charge in [-0.15, -0.1) is 0 Å². The highest BCUT2D eigenvalue weighted by atomic mass is 19.1. The Morgan fingerprint density at radius 3 is 2.96 bits per heavy atom. The lowest BCUT2D eigenvalue weighted by atomic mass is 10.2. The van der Waals surface area contributed by atoms with Crippen molar-refractivity contribution in [1.29, 1.82) is 0 Å². The fourth-order valence-corrected chi connectivity index (χ4v) is 2.68. The fraction of sp³-hybridized carbons (Fsp3) is 0.263. The number of pyridine rings is 1. The molecule has 5 nitrogen and oxygen atoms in total. The van der Waals surface area contributed by atoms with Crippen LogP contribution in [0.3, 0.4) is 0 Å². The van der Waals surface area contributed by atoms with Gasteiger partial charge in [0.15, 0.2) is 0 Å². The number of amides is 1. The van der Waals surface area contributed by atoms with Crippen molar-refractivity contribution >= 4 is 17.2 Å². The molecule has 2 aromatic heterocycles. The molecule has 3 aromatic rings. The maximum atomic E-state index is 13.1. The van der Waals surface area contributed by atoms with Crippen LogP contribution in [0.1, 0.15) is 19.0 Å². The van der Waals surface area contributed by atoms with Gasteiger partial charge >= 0.3 is 0 Å². The molecule has 2 heterocycles. The normalized spacial score (nSPS) is 12.2. The van der Waals surface area contributed by atoms with E-state index in [1.54, 1.807) is 12.1 Å². The Morgan fingerprint density at radius 2 is 2.16 bits per heavy atom. The first-order valence-electron chi connectivity index (χ1n) is 8.31. The minimum atomic E-state index is -0.364. The van der Waals surface area contributed by atoms with E-state index < -0.39 is 0 Å². The summed E-state index contributed by atoms with van der Waals surface area (Å²) in [6.45, 7) is 2.69. The highest BCUT2D eigenvalue weighted by molar-refractivity contribution is 5.91. The lowest BCUT2D eigenvalue weighted by Crippen LogP contribution is -2.32. The van der Waals surface area contributed by atoms with Crippen LogP contribution in [0.25, 0.3) is 5.65 Å². The molecule has 0 saturated heterocycles. The van der Waals surface area contributed by atoms with Crippen LogP contribution < -0.4 is 10.6 Å². The number of benzene rings is 1. The van der Waals surface area contributed by atoms with E-state index in [0.29, 0.717) is 12.1 Å². The molecular formula is C19H21FN4O. The summed E-state index contributed by atoms with van der Waals surface area (Å²) in [5.74, 6) is -0.505. The van der Waals surface area contributed by atoms with Gasteiger partial charge in [0.25, 0.3) is 0 Å². The van der Waals surface area contributed by atoms with Crippen LogP contribution in [-0.4, -0.2) is 27.9 Å². The van der Waals surface area contributed by atoms with Gasteiger partial charge in [-0.25, -0.2) is 9.37 Å². The van der Waals surface area contributed by atoms with Gasteiger partial charge in [-0.3, -0.25) is 4.79 Å². The number of hydrogen-bond acceptors (Lipinski definition) is 3. The van der Waals surface area contributed by atoms with Gasteiger partial charge in [-0.2, -0.15) is 0 Å². The van der Waals surface area contributed by atoms with Crippen LogP contribution in [0.4, 0.5) is 10.1 Å². The van der Waals surface area contributed by atoms with Crippen LogP contribution in [0.2, 0.25) is 0 Å². The third-order valence-electron chi connectivity index (χ3n) is 3.89. The molecule has 1 atom stereocenters. The average molecular weight is 340 g/mol.